The van der Waals surface area contributed by atoms with Crippen LogP contribution in [0.3, 0.4) is 0 Å². The van der Waals surface area contributed by atoms with Crippen LogP contribution in [-0.2, 0) is 24.2 Å². The minimum Gasteiger partial charge on any atom is -0.355 e. The molecule has 0 saturated carbocycles. The lowest BCUT2D eigenvalue weighted by molar-refractivity contribution is -0.120. The van der Waals surface area contributed by atoms with Gasteiger partial charge in [0.15, 0.2) is 5.16 Å². The van der Waals surface area contributed by atoms with Crippen LogP contribution in [0, 0.1) is 0 Å². The summed E-state index contributed by atoms with van der Waals surface area (Å²) in [5, 5.41) is 3.97. The number of carbonyl (C=O) groups is 1. The number of thioether (sulfide) groups is 1. The Morgan fingerprint density at radius 2 is 2.23 bits per heavy atom. The van der Waals surface area contributed by atoms with Gasteiger partial charge in [-0.05, 0) is 44.6 Å². The number of carbonyl (C=O) groups excluding carboxylic acids is 1. The van der Waals surface area contributed by atoms with Gasteiger partial charge in [0.05, 0.1) is 10.6 Å². The van der Waals surface area contributed by atoms with E-state index in [9.17, 15) is 9.59 Å². The molecule has 0 saturated heterocycles. The van der Waals surface area contributed by atoms with Gasteiger partial charge in [-0.3, -0.25) is 14.2 Å². The molecule has 5 nitrogen and oxygen atoms in total. The third-order valence-corrected chi connectivity index (χ3v) is 6.83. The van der Waals surface area contributed by atoms with Crippen LogP contribution in [0.1, 0.15) is 43.6 Å². The SMILES string of the molecule is C=CCn1c(SC(C)C(=O)NCCC)nc2sc3c(c2c1=O)CCCC3. The minimum absolute atomic E-state index is 0.00188. The van der Waals surface area contributed by atoms with Gasteiger partial charge in [0.2, 0.25) is 5.91 Å². The number of nitrogens with one attached hydrogen (secondary N) is 1. The van der Waals surface area contributed by atoms with E-state index in [1.807, 2.05) is 13.8 Å². The van der Waals surface area contributed by atoms with Crippen LogP contribution in [0.15, 0.2) is 22.6 Å². The van der Waals surface area contributed by atoms with Gasteiger partial charge >= 0.3 is 0 Å². The summed E-state index contributed by atoms with van der Waals surface area (Å²) in [5.74, 6) is -0.0261. The fourth-order valence-electron chi connectivity index (χ4n) is 3.20. The number of hydrogen-bond acceptors (Lipinski definition) is 5. The fraction of sp³-hybridized carbons (Fsp3) is 0.526. The molecule has 2 aromatic rings. The van der Waals surface area contributed by atoms with E-state index < -0.39 is 0 Å². The van der Waals surface area contributed by atoms with Gasteiger partial charge in [0, 0.05) is 18.0 Å². The molecule has 1 N–H and O–H groups in total. The van der Waals surface area contributed by atoms with Gasteiger partial charge < -0.3 is 5.32 Å². The molecule has 3 rings (SSSR count). The van der Waals surface area contributed by atoms with Crippen LogP contribution in [0.5, 0.6) is 0 Å². The van der Waals surface area contributed by atoms with Crippen LogP contribution < -0.4 is 10.9 Å². The van der Waals surface area contributed by atoms with Crippen molar-refractivity contribution in [2.24, 2.45) is 0 Å². The zero-order valence-corrected chi connectivity index (χ0v) is 17.0. The molecule has 0 fully saturated rings. The normalized spacial score (nSPS) is 14.8. The summed E-state index contributed by atoms with van der Waals surface area (Å²) in [6.07, 6.45) is 6.91. The predicted octanol–water partition coefficient (Wildman–Crippen LogP) is 3.53. The van der Waals surface area contributed by atoms with Crippen LogP contribution in [-0.4, -0.2) is 27.3 Å². The van der Waals surface area contributed by atoms with Gasteiger partial charge in [0.25, 0.3) is 5.56 Å². The Bertz CT molecular complexity index is 885. The van der Waals surface area contributed by atoms with Crippen molar-refractivity contribution in [1.29, 1.82) is 0 Å². The Morgan fingerprint density at radius 1 is 1.46 bits per heavy atom. The number of aryl methyl sites for hydroxylation is 2. The largest absolute Gasteiger partial charge is 0.355 e. The number of amides is 1. The number of rotatable bonds is 7. The first-order valence-electron chi connectivity index (χ1n) is 9.17. The summed E-state index contributed by atoms with van der Waals surface area (Å²) in [4.78, 5) is 32.3. The quantitative estimate of drug-likeness (QED) is 0.445. The van der Waals surface area contributed by atoms with Crippen molar-refractivity contribution in [2.75, 3.05) is 6.54 Å². The summed E-state index contributed by atoms with van der Waals surface area (Å²) >= 11 is 2.98. The second-order valence-electron chi connectivity index (χ2n) is 6.54. The molecular formula is C19H25N3O2S2. The van der Waals surface area contributed by atoms with E-state index in [0.29, 0.717) is 18.2 Å². The molecule has 1 unspecified atom stereocenters. The van der Waals surface area contributed by atoms with Crippen molar-refractivity contribution in [3.63, 3.8) is 0 Å². The number of aromatic nitrogens is 2. The molecule has 1 atom stereocenters. The first-order chi connectivity index (χ1) is 12.6. The highest BCUT2D eigenvalue weighted by atomic mass is 32.2. The standard InChI is InChI=1S/C19H25N3O2S2/c1-4-10-20-16(23)12(3)25-19-21-17-15(18(24)22(19)11-5-2)13-8-6-7-9-14(13)26-17/h5,12H,2,4,6-11H2,1,3H3,(H,20,23). The van der Waals surface area contributed by atoms with E-state index >= 15 is 0 Å². The number of fused-ring (bicyclic) bond motifs is 3. The topological polar surface area (TPSA) is 64.0 Å². The van der Waals surface area contributed by atoms with Crippen molar-refractivity contribution < 1.29 is 4.79 Å². The lowest BCUT2D eigenvalue weighted by atomic mass is 9.97. The number of nitrogens with zero attached hydrogens (tertiary/aromatic N) is 2. The summed E-state index contributed by atoms with van der Waals surface area (Å²) in [6.45, 7) is 8.71. The molecule has 1 aliphatic carbocycles. The van der Waals surface area contributed by atoms with E-state index in [1.165, 1.54) is 28.6 Å². The maximum atomic E-state index is 13.2. The first-order valence-corrected chi connectivity index (χ1v) is 10.9. The molecular weight excluding hydrogens is 366 g/mol. The van der Waals surface area contributed by atoms with Gasteiger partial charge in [-0.15, -0.1) is 17.9 Å². The van der Waals surface area contributed by atoms with Crippen LogP contribution in [0.25, 0.3) is 10.2 Å². The van der Waals surface area contributed by atoms with Gasteiger partial charge in [-0.1, -0.05) is 24.8 Å². The molecule has 0 aromatic carbocycles. The lowest BCUT2D eigenvalue weighted by Crippen LogP contribution is -2.32. The Hall–Kier alpha value is -1.60. The summed E-state index contributed by atoms with van der Waals surface area (Å²) in [6, 6.07) is 0. The molecule has 2 aromatic heterocycles. The van der Waals surface area contributed by atoms with E-state index in [2.05, 4.69) is 11.9 Å². The Kier molecular flexibility index (Phi) is 6.19. The monoisotopic (exact) mass is 391 g/mol. The van der Waals surface area contributed by atoms with E-state index in [0.717, 1.165) is 35.9 Å². The van der Waals surface area contributed by atoms with Crippen molar-refractivity contribution in [2.45, 2.75) is 62.9 Å². The summed E-state index contributed by atoms with van der Waals surface area (Å²) in [7, 11) is 0. The summed E-state index contributed by atoms with van der Waals surface area (Å²) < 4.78 is 1.66. The Labute approximate surface area is 161 Å². The third kappa shape index (κ3) is 3.74. The smallest absolute Gasteiger partial charge is 0.263 e. The van der Waals surface area contributed by atoms with Crippen LogP contribution in [0.4, 0.5) is 0 Å². The second-order valence-corrected chi connectivity index (χ2v) is 8.93. The number of allylic oxidation sites excluding steroid dienone is 1. The minimum atomic E-state index is -0.309. The number of thiophene rings is 1. The summed E-state index contributed by atoms with van der Waals surface area (Å²) in [5.41, 5.74) is 1.19. The fourth-order valence-corrected chi connectivity index (χ4v) is 5.45. The maximum absolute atomic E-state index is 13.2. The van der Waals surface area contributed by atoms with Crippen molar-refractivity contribution >= 4 is 39.2 Å². The lowest BCUT2D eigenvalue weighted by Gasteiger charge is -2.15. The van der Waals surface area contributed by atoms with Crippen molar-refractivity contribution in [3.8, 4) is 0 Å². The second kappa shape index (κ2) is 8.39. The van der Waals surface area contributed by atoms with Crippen molar-refractivity contribution in [3.05, 3.63) is 33.4 Å². The zero-order valence-electron chi connectivity index (χ0n) is 15.3. The van der Waals surface area contributed by atoms with Crippen LogP contribution in [0.2, 0.25) is 0 Å². The van der Waals surface area contributed by atoms with Gasteiger partial charge in [0.1, 0.15) is 4.83 Å². The molecule has 2 heterocycles. The molecule has 0 radical (unpaired) electrons. The van der Waals surface area contributed by atoms with Crippen molar-refractivity contribution in [1.82, 2.24) is 14.9 Å². The molecule has 1 aliphatic rings. The Morgan fingerprint density at radius 3 is 2.96 bits per heavy atom. The first kappa shape index (κ1) is 19.2. The Balaban J connectivity index is 2.01. The van der Waals surface area contributed by atoms with E-state index in [1.54, 1.807) is 22.0 Å². The zero-order chi connectivity index (χ0) is 18.7. The average molecular weight is 392 g/mol. The maximum Gasteiger partial charge on any atom is 0.263 e. The highest BCUT2D eigenvalue weighted by molar-refractivity contribution is 8.00. The molecule has 0 spiro atoms. The molecule has 0 aliphatic heterocycles. The average Bonchev–Trinajstić information content (AvgIpc) is 3.01. The molecule has 0 bridgehead atoms. The third-order valence-electron chi connectivity index (χ3n) is 4.55. The molecule has 7 heteroatoms. The molecule has 1 amide bonds. The highest BCUT2D eigenvalue weighted by Crippen LogP contribution is 2.35. The molecule has 26 heavy (non-hydrogen) atoms. The van der Waals surface area contributed by atoms with E-state index in [4.69, 9.17) is 4.98 Å². The van der Waals surface area contributed by atoms with E-state index in [-0.39, 0.29) is 16.7 Å². The highest BCUT2D eigenvalue weighted by Gasteiger charge is 2.24. The predicted molar refractivity (Wildman–Crippen MR) is 109 cm³/mol. The van der Waals surface area contributed by atoms with Gasteiger partial charge in [-0.25, -0.2) is 4.98 Å². The van der Waals surface area contributed by atoms with Gasteiger partial charge in [-0.2, -0.15) is 0 Å². The molecule has 140 valence electrons. The number of hydrogen-bond donors (Lipinski definition) is 1. The van der Waals surface area contributed by atoms with Crippen LogP contribution >= 0.6 is 23.1 Å².